The first-order valence-electron chi connectivity index (χ1n) is 7.38. The molecule has 2 aromatic carbocycles. The highest BCUT2D eigenvalue weighted by Gasteiger charge is 2.39. The average Bonchev–Trinajstić information content (AvgIpc) is 2.64. The van der Waals surface area contributed by atoms with Gasteiger partial charge < -0.3 is 10.6 Å². The lowest BCUT2D eigenvalue weighted by Gasteiger charge is -2.20. The minimum atomic E-state index is -3.79. The topological polar surface area (TPSA) is 97.5 Å². The molecule has 2 aromatic rings. The highest BCUT2D eigenvalue weighted by Crippen LogP contribution is 2.40. The van der Waals surface area contributed by atoms with Crippen LogP contribution in [0.4, 0.5) is 5.69 Å². The van der Waals surface area contributed by atoms with Crippen LogP contribution < -0.4 is 10.6 Å². The Bertz CT molecular complexity index is 894. The quantitative estimate of drug-likeness (QED) is 0.910. The summed E-state index contributed by atoms with van der Waals surface area (Å²) in [5.41, 5.74) is 5.96. The number of nitrogens with two attached hydrogens (primary N) is 1. The van der Waals surface area contributed by atoms with Gasteiger partial charge in [-0.2, -0.15) is 0 Å². The molecular weight excluding hydrogens is 328 g/mol. The molecule has 124 valence electrons. The van der Waals surface area contributed by atoms with Crippen LogP contribution in [0.5, 0.6) is 0 Å². The van der Waals surface area contributed by atoms with Gasteiger partial charge in [0.15, 0.2) is 9.84 Å². The Morgan fingerprint density at radius 1 is 1.08 bits per heavy atom. The Hall–Kier alpha value is -2.67. The fourth-order valence-corrected chi connectivity index (χ4v) is 4.80. The highest BCUT2D eigenvalue weighted by molar-refractivity contribution is 7.92. The van der Waals surface area contributed by atoms with Gasteiger partial charge in [0.1, 0.15) is 6.54 Å². The van der Waals surface area contributed by atoms with Gasteiger partial charge in [-0.1, -0.05) is 42.5 Å². The molecule has 0 saturated heterocycles. The smallest absolute Gasteiger partial charge is 0.237 e. The number of hydrogen-bond donors (Lipinski definition) is 1. The lowest BCUT2D eigenvalue weighted by atomic mass is 10.1. The zero-order valence-electron chi connectivity index (χ0n) is 12.8. The van der Waals surface area contributed by atoms with Gasteiger partial charge in [0.25, 0.3) is 0 Å². The van der Waals surface area contributed by atoms with E-state index in [0.29, 0.717) is 5.56 Å². The molecular formula is C17H16N2O4S. The standard InChI is InChI=1S/C17H16N2O4S/c18-16(20)11-19-13-8-4-5-9-14(13)24(22,23)15(10-17(19)21)12-6-2-1-3-7-12/h1-9,15H,10-11H2,(H2,18,20)/t15-/m0/s1. The summed E-state index contributed by atoms with van der Waals surface area (Å²) >= 11 is 0. The molecule has 2 N–H and O–H groups in total. The third kappa shape index (κ3) is 2.78. The van der Waals surface area contributed by atoms with Crippen LogP contribution in [-0.4, -0.2) is 26.8 Å². The largest absolute Gasteiger partial charge is 0.368 e. The minimum Gasteiger partial charge on any atom is -0.368 e. The van der Waals surface area contributed by atoms with Gasteiger partial charge in [0.05, 0.1) is 15.8 Å². The molecule has 1 aliphatic heterocycles. The number of hydrogen-bond acceptors (Lipinski definition) is 4. The number of sulfone groups is 1. The Kier molecular flexibility index (Phi) is 4.11. The van der Waals surface area contributed by atoms with Crippen LogP contribution in [0.15, 0.2) is 59.5 Å². The molecule has 0 aromatic heterocycles. The number of fused-ring (bicyclic) bond motifs is 1. The number of amides is 2. The number of carbonyl (C=O) groups excluding carboxylic acids is 2. The van der Waals surface area contributed by atoms with Crippen molar-refractivity contribution in [3.05, 3.63) is 60.2 Å². The van der Waals surface area contributed by atoms with Gasteiger partial charge in [-0.05, 0) is 17.7 Å². The van der Waals surface area contributed by atoms with E-state index in [1.165, 1.54) is 12.1 Å². The molecule has 7 heteroatoms. The summed E-state index contributed by atoms with van der Waals surface area (Å²) in [5.74, 6) is -1.15. The molecule has 0 unspecified atom stereocenters. The maximum absolute atomic E-state index is 13.1. The SMILES string of the molecule is NC(=O)CN1C(=O)C[C@@H](c2ccccc2)S(=O)(=O)c2ccccc21. The molecule has 1 aliphatic rings. The van der Waals surface area contributed by atoms with Gasteiger partial charge >= 0.3 is 0 Å². The summed E-state index contributed by atoms with van der Waals surface area (Å²) in [6.45, 7) is -0.354. The Morgan fingerprint density at radius 3 is 2.38 bits per heavy atom. The summed E-state index contributed by atoms with van der Waals surface area (Å²) in [6.07, 6.45) is -0.242. The van der Waals surface area contributed by atoms with E-state index in [4.69, 9.17) is 5.73 Å². The molecule has 0 fully saturated rings. The second-order valence-electron chi connectivity index (χ2n) is 5.56. The molecule has 3 rings (SSSR count). The molecule has 2 amide bonds. The highest BCUT2D eigenvalue weighted by atomic mass is 32.2. The maximum atomic E-state index is 13.1. The van der Waals surface area contributed by atoms with Gasteiger partial charge in [-0.3, -0.25) is 9.59 Å². The van der Waals surface area contributed by atoms with Gasteiger partial charge in [0.2, 0.25) is 11.8 Å². The monoisotopic (exact) mass is 344 g/mol. The van der Waals surface area contributed by atoms with Gasteiger partial charge in [-0.15, -0.1) is 0 Å². The summed E-state index contributed by atoms with van der Waals surface area (Å²) in [7, 11) is -3.79. The Morgan fingerprint density at radius 2 is 1.71 bits per heavy atom. The molecule has 0 radical (unpaired) electrons. The summed E-state index contributed by atoms with van der Waals surface area (Å²) in [4.78, 5) is 25.1. The second-order valence-corrected chi connectivity index (χ2v) is 7.66. The van der Waals surface area contributed by atoms with E-state index in [1.54, 1.807) is 42.5 Å². The zero-order chi connectivity index (χ0) is 17.3. The Labute approximate surface area is 139 Å². The number of carbonyl (C=O) groups is 2. The Balaban J connectivity index is 2.20. The van der Waals surface area contributed by atoms with Crippen LogP contribution in [-0.2, 0) is 19.4 Å². The van der Waals surface area contributed by atoms with Crippen molar-refractivity contribution in [2.75, 3.05) is 11.4 Å². The molecule has 24 heavy (non-hydrogen) atoms. The first-order valence-corrected chi connectivity index (χ1v) is 8.92. The number of primary amides is 1. The number of benzene rings is 2. The fourth-order valence-electron chi connectivity index (χ4n) is 2.88. The predicted molar refractivity (Wildman–Crippen MR) is 89.0 cm³/mol. The molecule has 1 heterocycles. The summed E-state index contributed by atoms with van der Waals surface area (Å²) in [6, 6.07) is 14.8. The van der Waals surface area contributed by atoms with E-state index >= 15 is 0 Å². The van der Waals surface area contributed by atoms with Crippen LogP contribution >= 0.6 is 0 Å². The van der Waals surface area contributed by atoms with Crippen LogP contribution in [0.2, 0.25) is 0 Å². The van der Waals surface area contributed by atoms with Crippen molar-refractivity contribution in [3.63, 3.8) is 0 Å². The van der Waals surface area contributed by atoms with Crippen LogP contribution in [0, 0.1) is 0 Å². The first-order chi connectivity index (χ1) is 11.4. The van der Waals surface area contributed by atoms with Crippen molar-refractivity contribution in [3.8, 4) is 0 Å². The van der Waals surface area contributed by atoms with E-state index < -0.39 is 26.9 Å². The predicted octanol–water partition coefficient (Wildman–Crippen LogP) is 1.42. The van der Waals surface area contributed by atoms with Crippen molar-refractivity contribution in [1.82, 2.24) is 0 Å². The normalized spacial score (nSPS) is 19.4. The lowest BCUT2D eigenvalue weighted by molar-refractivity contribution is -0.122. The summed E-state index contributed by atoms with van der Waals surface area (Å²) in [5, 5.41) is -0.995. The van der Waals surface area contributed by atoms with Crippen molar-refractivity contribution in [2.45, 2.75) is 16.6 Å². The van der Waals surface area contributed by atoms with Gasteiger partial charge in [-0.25, -0.2) is 8.42 Å². The van der Waals surface area contributed by atoms with Crippen molar-refractivity contribution >= 4 is 27.3 Å². The molecule has 0 bridgehead atoms. The first kappa shape index (κ1) is 16.2. The van der Waals surface area contributed by atoms with Crippen LogP contribution in [0.1, 0.15) is 17.2 Å². The third-order valence-electron chi connectivity index (χ3n) is 3.98. The van der Waals surface area contributed by atoms with Crippen molar-refractivity contribution < 1.29 is 18.0 Å². The number of nitrogens with zero attached hydrogens (tertiary/aromatic N) is 1. The maximum Gasteiger partial charge on any atom is 0.237 e. The zero-order valence-corrected chi connectivity index (χ0v) is 13.6. The molecule has 0 saturated carbocycles. The number of para-hydroxylation sites is 1. The van der Waals surface area contributed by atoms with Crippen LogP contribution in [0.25, 0.3) is 0 Å². The number of anilines is 1. The molecule has 6 nitrogen and oxygen atoms in total. The van der Waals surface area contributed by atoms with E-state index in [-0.39, 0.29) is 23.5 Å². The van der Waals surface area contributed by atoms with E-state index in [2.05, 4.69) is 0 Å². The number of rotatable bonds is 3. The lowest BCUT2D eigenvalue weighted by Crippen LogP contribution is -2.38. The van der Waals surface area contributed by atoms with E-state index in [9.17, 15) is 18.0 Å². The van der Waals surface area contributed by atoms with Crippen molar-refractivity contribution in [1.29, 1.82) is 0 Å². The van der Waals surface area contributed by atoms with Crippen LogP contribution in [0.3, 0.4) is 0 Å². The van der Waals surface area contributed by atoms with E-state index in [0.717, 1.165) is 4.90 Å². The van der Waals surface area contributed by atoms with E-state index in [1.807, 2.05) is 0 Å². The average molecular weight is 344 g/mol. The molecule has 1 atom stereocenters. The van der Waals surface area contributed by atoms with Crippen molar-refractivity contribution in [2.24, 2.45) is 5.73 Å². The fraction of sp³-hybridized carbons (Fsp3) is 0.176. The third-order valence-corrected chi connectivity index (χ3v) is 6.13. The van der Waals surface area contributed by atoms with Gasteiger partial charge in [0, 0.05) is 6.42 Å². The summed E-state index contributed by atoms with van der Waals surface area (Å²) < 4.78 is 26.2. The second kappa shape index (κ2) is 6.09. The molecule has 0 aliphatic carbocycles. The minimum absolute atomic E-state index is 0.0333. The molecule has 0 spiro atoms.